The van der Waals surface area contributed by atoms with Gasteiger partial charge in [0.2, 0.25) is 0 Å². The molecule has 2 saturated heterocycles. The van der Waals surface area contributed by atoms with Gasteiger partial charge in [-0.2, -0.15) is 0 Å². The molecule has 0 spiro atoms. The minimum Gasteiger partial charge on any atom is -0.316 e. The van der Waals surface area contributed by atoms with Gasteiger partial charge >= 0.3 is 0 Å². The SMILES string of the molecule is Cc1c(CN2CC3CNCC3C2(C)C)cccc1[N+](=O)[O-]. The monoisotopic (exact) mass is 289 g/mol. The third-order valence-corrected chi connectivity index (χ3v) is 5.49. The fourth-order valence-electron chi connectivity index (χ4n) is 4.02. The summed E-state index contributed by atoms with van der Waals surface area (Å²) < 4.78 is 0. The van der Waals surface area contributed by atoms with Crippen molar-refractivity contribution in [3.8, 4) is 0 Å². The summed E-state index contributed by atoms with van der Waals surface area (Å²) in [5.41, 5.74) is 2.25. The normalized spacial score (nSPS) is 27.8. The van der Waals surface area contributed by atoms with Gasteiger partial charge in [-0.05, 0) is 44.7 Å². The maximum absolute atomic E-state index is 11.1. The first-order valence-electron chi connectivity index (χ1n) is 7.60. The van der Waals surface area contributed by atoms with Crippen LogP contribution in [0.2, 0.25) is 0 Å². The molecule has 0 amide bonds. The molecule has 0 radical (unpaired) electrons. The van der Waals surface area contributed by atoms with Gasteiger partial charge in [0.15, 0.2) is 0 Å². The molecule has 2 atom stereocenters. The largest absolute Gasteiger partial charge is 0.316 e. The molecule has 2 heterocycles. The lowest BCUT2D eigenvalue weighted by atomic mass is 9.84. The maximum atomic E-state index is 11.1. The molecule has 114 valence electrons. The van der Waals surface area contributed by atoms with E-state index in [1.54, 1.807) is 12.1 Å². The van der Waals surface area contributed by atoms with Gasteiger partial charge in [-0.1, -0.05) is 12.1 Å². The molecule has 2 aliphatic heterocycles. The van der Waals surface area contributed by atoms with Crippen molar-refractivity contribution in [2.75, 3.05) is 19.6 Å². The summed E-state index contributed by atoms with van der Waals surface area (Å²) in [5.74, 6) is 1.38. The zero-order chi connectivity index (χ0) is 15.2. The molecule has 0 saturated carbocycles. The van der Waals surface area contributed by atoms with Crippen LogP contribution in [0.4, 0.5) is 5.69 Å². The molecule has 1 N–H and O–H groups in total. The maximum Gasteiger partial charge on any atom is 0.272 e. The van der Waals surface area contributed by atoms with Crippen LogP contribution >= 0.6 is 0 Å². The summed E-state index contributed by atoms with van der Waals surface area (Å²) in [6, 6.07) is 5.41. The van der Waals surface area contributed by atoms with E-state index in [1.165, 1.54) is 0 Å². The predicted octanol–water partition coefficient (Wildman–Crippen LogP) is 2.33. The van der Waals surface area contributed by atoms with Crippen LogP contribution in [0.5, 0.6) is 0 Å². The van der Waals surface area contributed by atoms with Gasteiger partial charge in [0.1, 0.15) is 0 Å². The minimum atomic E-state index is -0.285. The van der Waals surface area contributed by atoms with Crippen molar-refractivity contribution >= 4 is 5.69 Å². The van der Waals surface area contributed by atoms with Crippen LogP contribution in [0.3, 0.4) is 0 Å². The molecule has 0 aliphatic carbocycles. The van der Waals surface area contributed by atoms with Gasteiger partial charge in [0.25, 0.3) is 5.69 Å². The topological polar surface area (TPSA) is 58.4 Å². The highest BCUT2D eigenvalue weighted by Gasteiger charge is 2.49. The molecule has 21 heavy (non-hydrogen) atoms. The van der Waals surface area contributed by atoms with E-state index in [2.05, 4.69) is 24.1 Å². The lowest BCUT2D eigenvalue weighted by Gasteiger charge is -2.36. The average molecular weight is 289 g/mol. The van der Waals surface area contributed by atoms with E-state index >= 15 is 0 Å². The smallest absolute Gasteiger partial charge is 0.272 e. The molecule has 2 aliphatic rings. The van der Waals surface area contributed by atoms with Crippen molar-refractivity contribution in [3.63, 3.8) is 0 Å². The Morgan fingerprint density at radius 1 is 1.43 bits per heavy atom. The highest BCUT2D eigenvalue weighted by molar-refractivity contribution is 5.44. The zero-order valence-electron chi connectivity index (χ0n) is 12.9. The quantitative estimate of drug-likeness (QED) is 0.685. The van der Waals surface area contributed by atoms with Gasteiger partial charge in [0.05, 0.1) is 4.92 Å². The van der Waals surface area contributed by atoms with E-state index in [9.17, 15) is 10.1 Å². The Morgan fingerprint density at radius 2 is 2.19 bits per heavy atom. The first-order chi connectivity index (χ1) is 9.91. The summed E-state index contributed by atoms with van der Waals surface area (Å²) in [6.07, 6.45) is 0. The highest BCUT2D eigenvalue weighted by Crippen LogP contribution is 2.41. The van der Waals surface area contributed by atoms with Crippen LogP contribution in [0, 0.1) is 28.9 Å². The number of fused-ring (bicyclic) bond motifs is 1. The van der Waals surface area contributed by atoms with Crippen molar-refractivity contribution in [1.82, 2.24) is 10.2 Å². The number of nitrogens with zero attached hydrogens (tertiary/aromatic N) is 2. The highest BCUT2D eigenvalue weighted by atomic mass is 16.6. The van der Waals surface area contributed by atoms with E-state index in [-0.39, 0.29) is 16.1 Å². The van der Waals surface area contributed by atoms with Gasteiger partial charge in [-0.15, -0.1) is 0 Å². The third kappa shape index (κ3) is 2.34. The Morgan fingerprint density at radius 3 is 2.86 bits per heavy atom. The van der Waals surface area contributed by atoms with Crippen molar-refractivity contribution < 1.29 is 4.92 Å². The third-order valence-electron chi connectivity index (χ3n) is 5.49. The Bertz CT molecular complexity index is 571. The average Bonchev–Trinajstić information content (AvgIpc) is 2.96. The number of nitro benzene ring substituents is 1. The number of benzene rings is 1. The fourth-order valence-corrected chi connectivity index (χ4v) is 4.02. The molecule has 1 aromatic carbocycles. The van der Waals surface area contributed by atoms with Crippen molar-refractivity contribution in [3.05, 3.63) is 39.4 Å². The van der Waals surface area contributed by atoms with E-state index in [4.69, 9.17) is 0 Å². The molecular formula is C16H23N3O2. The number of nitro groups is 1. The number of likely N-dealkylation sites (tertiary alicyclic amines) is 1. The molecule has 2 fully saturated rings. The molecule has 5 nitrogen and oxygen atoms in total. The number of hydrogen-bond acceptors (Lipinski definition) is 4. The Kier molecular flexibility index (Phi) is 3.50. The van der Waals surface area contributed by atoms with E-state index in [0.717, 1.165) is 37.3 Å². The Labute approximate surface area is 125 Å². The van der Waals surface area contributed by atoms with Crippen molar-refractivity contribution in [2.45, 2.75) is 32.9 Å². The van der Waals surface area contributed by atoms with E-state index < -0.39 is 0 Å². The zero-order valence-corrected chi connectivity index (χ0v) is 12.9. The summed E-state index contributed by atoms with van der Waals surface area (Å²) >= 11 is 0. The van der Waals surface area contributed by atoms with Gasteiger partial charge in [0, 0.05) is 36.8 Å². The summed E-state index contributed by atoms with van der Waals surface area (Å²) in [7, 11) is 0. The van der Waals surface area contributed by atoms with Crippen LogP contribution in [0.1, 0.15) is 25.0 Å². The van der Waals surface area contributed by atoms with Gasteiger partial charge < -0.3 is 5.32 Å². The first kappa shape index (κ1) is 14.5. The van der Waals surface area contributed by atoms with E-state index in [0.29, 0.717) is 11.8 Å². The standard InChI is InChI=1S/C16H23N3O2/c1-11-12(5-4-6-15(11)19(20)21)9-18-10-13-7-17-8-14(13)16(18,2)3/h4-6,13-14,17H,7-10H2,1-3H3. The molecule has 5 heteroatoms. The van der Waals surface area contributed by atoms with Crippen LogP contribution in [-0.4, -0.2) is 35.0 Å². The molecule has 0 aromatic heterocycles. The second-order valence-corrected chi connectivity index (χ2v) is 6.88. The number of rotatable bonds is 3. The van der Waals surface area contributed by atoms with Crippen LogP contribution in [0.25, 0.3) is 0 Å². The molecule has 2 unspecified atom stereocenters. The first-order valence-corrected chi connectivity index (χ1v) is 7.60. The lowest BCUT2D eigenvalue weighted by Crippen LogP contribution is -2.44. The predicted molar refractivity (Wildman–Crippen MR) is 82.2 cm³/mol. The Balaban J connectivity index is 1.85. The van der Waals surface area contributed by atoms with E-state index in [1.807, 2.05) is 13.0 Å². The van der Waals surface area contributed by atoms with Crippen LogP contribution in [-0.2, 0) is 6.54 Å². The second kappa shape index (κ2) is 5.07. The van der Waals surface area contributed by atoms with Gasteiger partial charge in [-0.25, -0.2) is 0 Å². The van der Waals surface area contributed by atoms with Crippen molar-refractivity contribution in [2.24, 2.45) is 11.8 Å². The fraction of sp³-hybridized carbons (Fsp3) is 0.625. The number of hydrogen-bond donors (Lipinski definition) is 1. The second-order valence-electron chi connectivity index (χ2n) is 6.88. The van der Waals surface area contributed by atoms with Crippen LogP contribution in [0.15, 0.2) is 18.2 Å². The molecule has 0 bridgehead atoms. The Hall–Kier alpha value is -1.46. The summed E-state index contributed by atoms with van der Waals surface area (Å²) in [6.45, 7) is 10.5. The minimum absolute atomic E-state index is 0.144. The van der Waals surface area contributed by atoms with Gasteiger partial charge in [-0.3, -0.25) is 15.0 Å². The summed E-state index contributed by atoms with van der Waals surface area (Å²) in [5, 5.41) is 14.6. The molecular weight excluding hydrogens is 266 g/mol. The number of nitrogens with one attached hydrogen (secondary N) is 1. The van der Waals surface area contributed by atoms with Crippen molar-refractivity contribution in [1.29, 1.82) is 0 Å². The molecule has 1 aromatic rings. The summed E-state index contributed by atoms with van der Waals surface area (Å²) in [4.78, 5) is 13.3. The lowest BCUT2D eigenvalue weighted by molar-refractivity contribution is -0.385. The van der Waals surface area contributed by atoms with Crippen LogP contribution < -0.4 is 5.32 Å². The molecule has 3 rings (SSSR count).